The predicted molar refractivity (Wildman–Crippen MR) is 68.7 cm³/mol. The average Bonchev–Trinajstić information content (AvgIpc) is 2.73. The summed E-state index contributed by atoms with van der Waals surface area (Å²) in [5.41, 5.74) is 6.81. The number of nitrogens with two attached hydrogens (primary N) is 1. The highest BCUT2D eigenvalue weighted by molar-refractivity contribution is 6.31. The standard InChI is InChI=1S/C11H20ClN3O3/c1-16-4-3-15-11(9(12)7-14-15)10(13)8-18-6-5-17-2/h7,10H,3-6,8,13H2,1-2H3. The Morgan fingerprint density at radius 3 is 2.72 bits per heavy atom. The Morgan fingerprint density at radius 1 is 1.33 bits per heavy atom. The van der Waals surface area contributed by atoms with E-state index in [4.69, 9.17) is 31.5 Å². The van der Waals surface area contributed by atoms with Crippen molar-refractivity contribution in [3.8, 4) is 0 Å². The lowest BCUT2D eigenvalue weighted by Gasteiger charge is -2.15. The van der Waals surface area contributed by atoms with Gasteiger partial charge in [0, 0.05) is 14.2 Å². The molecule has 0 saturated carbocycles. The maximum atomic E-state index is 6.07. The van der Waals surface area contributed by atoms with E-state index in [-0.39, 0.29) is 6.04 Å². The van der Waals surface area contributed by atoms with Gasteiger partial charge in [-0.25, -0.2) is 0 Å². The van der Waals surface area contributed by atoms with E-state index >= 15 is 0 Å². The summed E-state index contributed by atoms with van der Waals surface area (Å²) in [6.45, 7) is 2.60. The minimum atomic E-state index is -0.311. The number of hydrogen-bond donors (Lipinski definition) is 1. The number of hydrogen-bond acceptors (Lipinski definition) is 5. The van der Waals surface area contributed by atoms with Crippen LogP contribution in [0.5, 0.6) is 0 Å². The third kappa shape index (κ3) is 4.55. The Labute approximate surface area is 112 Å². The van der Waals surface area contributed by atoms with Crippen LogP contribution in [0.25, 0.3) is 0 Å². The average molecular weight is 278 g/mol. The molecule has 0 amide bonds. The lowest BCUT2D eigenvalue weighted by molar-refractivity contribution is 0.0623. The first kappa shape index (κ1) is 15.4. The van der Waals surface area contributed by atoms with E-state index in [1.54, 1.807) is 25.1 Å². The Bertz CT molecular complexity index is 346. The van der Waals surface area contributed by atoms with E-state index in [1.807, 2.05) is 0 Å². The zero-order valence-electron chi connectivity index (χ0n) is 10.8. The van der Waals surface area contributed by atoms with Crippen molar-refractivity contribution in [2.24, 2.45) is 5.73 Å². The molecule has 0 spiro atoms. The van der Waals surface area contributed by atoms with E-state index < -0.39 is 0 Å². The third-order valence-corrected chi connectivity index (χ3v) is 2.71. The second-order valence-electron chi connectivity index (χ2n) is 3.77. The lowest BCUT2D eigenvalue weighted by Crippen LogP contribution is -2.23. The zero-order valence-corrected chi connectivity index (χ0v) is 11.5. The van der Waals surface area contributed by atoms with Crippen molar-refractivity contribution in [3.05, 3.63) is 16.9 Å². The van der Waals surface area contributed by atoms with E-state index in [2.05, 4.69) is 5.10 Å². The minimum Gasteiger partial charge on any atom is -0.383 e. The molecule has 0 aliphatic heterocycles. The fourth-order valence-corrected chi connectivity index (χ4v) is 1.81. The van der Waals surface area contributed by atoms with E-state index in [0.29, 0.717) is 38.0 Å². The third-order valence-electron chi connectivity index (χ3n) is 2.42. The maximum Gasteiger partial charge on any atom is 0.0835 e. The van der Waals surface area contributed by atoms with Crippen molar-refractivity contribution in [1.29, 1.82) is 0 Å². The number of rotatable bonds is 9. The molecule has 18 heavy (non-hydrogen) atoms. The van der Waals surface area contributed by atoms with Crippen molar-refractivity contribution in [1.82, 2.24) is 9.78 Å². The van der Waals surface area contributed by atoms with Gasteiger partial charge in [0.05, 0.1) is 55.9 Å². The fourth-order valence-electron chi connectivity index (χ4n) is 1.53. The van der Waals surface area contributed by atoms with Crippen molar-refractivity contribution in [2.75, 3.05) is 40.6 Å². The summed E-state index contributed by atoms with van der Waals surface area (Å²) in [6.07, 6.45) is 1.58. The molecular formula is C11H20ClN3O3. The summed E-state index contributed by atoms with van der Waals surface area (Å²) in [4.78, 5) is 0. The predicted octanol–water partition coefficient (Wildman–Crippen LogP) is 0.846. The normalized spacial score (nSPS) is 12.9. The SMILES string of the molecule is COCCOCC(N)c1c(Cl)cnn1CCOC. The zero-order chi connectivity index (χ0) is 13.4. The molecule has 1 heterocycles. The molecule has 1 aromatic heterocycles. The molecule has 1 unspecified atom stereocenters. The van der Waals surface area contributed by atoms with Crippen LogP contribution >= 0.6 is 11.6 Å². The number of aromatic nitrogens is 2. The molecule has 2 N–H and O–H groups in total. The van der Waals surface area contributed by atoms with Gasteiger partial charge in [-0.3, -0.25) is 4.68 Å². The topological polar surface area (TPSA) is 71.5 Å². The van der Waals surface area contributed by atoms with Crippen molar-refractivity contribution in [3.63, 3.8) is 0 Å². The van der Waals surface area contributed by atoms with Gasteiger partial charge in [0.2, 0.25) is 0 Å². The Morgan fingerprint density at radius 2 is 2.06 bits per heavy atom. The van der Waals surface area contributed by atoms with Gasteiger partial charge < -0.3 is 19.9 Å². The Hall–Kier alpha value is -0.660. The molecule has 0 saturated heterocycles. The molecule has 1 aromatic rings. The van der Waals surface area contributed by atoms with Crippen molar-refractivity contribution < 1.29 is 14.2 Å². The molecule has 0 aromatic carbocycles. The first-order valence-corrected chi connectivity index (χ1v) is 6.11. The molecule has 0 aliphatic rings. The van der Waals surface area contributed by atoms with Crippen LogP contribution < -0.4 is 5.73 Å². The molecule has 7 heteroatoms. The molecule has 1 atom stereocenters. The van der Waals surface area contributed by atoms with Gasteiger partial charge in [0.25, 0.3) is 0 Å². The van der Waals surface area contributed by atoms with Gasteiger partial charge in [-0.15, -0.1) is 0 Å². The summed E-state index contributed by atoms with van der Waals surface area (Å²) in [6, 6.07) is -0.311. The number of nitrogens with zero attached hydrogens (tertiary/aromatic N) is 2. The first-order chi connectivity index (χ1) is 8.70. The molecule has 0 aliphatic carbocycles. The van der Waals surface area contributed by atoms with Crippen molar-refractivity contribution in [2.45, 2.75) is 12.6 Å². The van der Waals surface area contributed by atoms with E-state index in [1.165, 1.54) is 0 Å². The van der Waals surface area contributed by atoms with E-state index in [0.717, 1.165) is 5.69 Å². The molecule has 1 rings (SSSR count). The second kappa shape index (κ2) is 8.44. The van der Waals surface area contributed by atoms with Gasteiger partial charge in [-0.2, -0.15) is 5.10 Å². The maximum absolute atomic E-state index is 6.07. The molecule has 0 fully saturated rings. The molecular weight excluding hydrogens is 258 g/mol. The molecule has 6 nitrogen and oxygen atoms in total. The van der Waals surface area contributed by atoms with E-state index in [9.17, 15) is 0 Å². The van der Waals surface area contributed by atoms with Crippen LogP contribution in [0.3, 0.4) is 0 Å². The van der Waals surface area contributed by atoms with Crippen molar-refractivity contribution >= 4 is 11.6 Å². The number of methoxy groups -OCH3 is 2. The minimum absolute atomic E-state index is 0.311. The van der Waals surface area contributed by atoms with Gasteiger partial charge in [0.15, 0.2) is 0 Å². The molecule has 104 valence electrons. The highest BCUT2D eigenvalue weighted by Crippen LogP contribution is 2.21. The Kier molecular flexibility index (Phi) is 7.22. The molecule has 0 bridgehead atoms. The van der Waals surface area contributed by atoms with Crippen LogP contribution in [0.15, 0.2) is 6.20 Å². The van der Waals surface area contributed by atoms with Crippen LogP contribution in [0.2, 0.25) is 5.02 Å². The van der Waals surface area contributed by atoms with Crippen LogP contribution in [-0.4, -0.2) is 50.4 Å². The lowest BCUT2D eigenvalue weighted by atomic mass is 10.2. The molecule has 0 radical (unpaired) electrons. The number of ether oxygens (including phenoxy) is 3. The van der Waals surface area contributed by atoms with Crippen LogP contribution in [0.4, 0.5) is 0 Å². The fraction of sp³-hybridized carbons (Fsp3) is 0.727. The quantitative estimate of drug-likeness (QED) is 0.678. The summed E-state index contributed by atoms with van der Waals surface area (Å²) >= 11 is 6.07. The first-order valence-electron chi connectivity index (χ1n) is 5.73. The summed E-state index contributed by atoms with van der Waals surface area (Å²) < 4.78 is 17.0. The van der Waals surface area contributed by atoms with Gasteiger partial charge >= 0.3 is 0 Å². The van der Waals surface area contributed by atoms with Gasteiger partial charge in [0.1, 0.15) is 0 Å². The smallest absolute Gasteiger partial charge is 0.0835 e. The van der Waals surface area contributed by atoms with Gasteiger partial charge in [-0.1, -0.05) is 11.6 Å². The second-order valence-corrected chi connectivity index (χ2v) is 4.18. The van der Waals surface area contributed by atoms with Crippen LogP contribution in [-0.2, 0) is 20.8 Å². The highest BCUT2D eigenvalue weighted by atomic mass is 35.5. The summed E-state index contributed by atoms with van der Waals surface area (Å²) in [5.74, 6) is 0. The van der Waals surface area contributed by atoms with Crippen LogP contribution in [0, 0.1) is 0 Å². The van der Waals surface area contributed by atoms with Gasteiger partial charge in [-0.05, 0) is 0 Å². The number of halogens is 1. The summed E-state index contributed by atoms with van der Waals surface area (Å²) in [5, 5.41) is 4.71. The largest absolute Gasteiger partial charge is 0.383 e. The summed E-state index contributed by atoms with van der Waals surface area (Å²) in [7, 11) is 3.26. The van der Waals surface area contributed by atoms with Crippen LogP contribution in [0.1, 0.15) is 11.7 Å². The monoisotopic (exact) mass is 277 g/mol. The highest BCUT2D eigenvalue weighted by Gasteiger charge is 2.16. The Balaban J connectivity index is 2.54.